The lowest BCUT2D eigenvalue weighted by molar-refractivity contribution is -0.137. The number of halogens is 4. The number of hydrogen-bond donors (Lipinski definition) is 2. The Morgan fingerprint density at radius 2 is 1.91 bits per heavy atom. The normalized spacial score (nSPS) is 11.3. The fourth-order valence-electron chi connectivity index (χ4n) is 1.84. The molecule has 1 heterocycles. The quantitative estimate of drug-likeness (QED) is 0.883. The molecule has 0 unspecified atom stereocenters. The van der Waals surface area contributed by atoms with E-state index in [1.807, 2.05) is 0 Å². The number of carbonyl (C=O) groups is 1. The Hall–Kier alpha value is -2.28. The number of carbonyl (C=O) groups excluding carboxylic acids is 1. The summed E-state index contributed by atoms with van der Waals surface area (Å²) in [4.78, 5) is 25.7. The van der Waals surface area contributed by atoms with Crippen LogP contribution in [0.5, 0.6) is 0 Å². The van der Waals surface area contributed by atoms with Gasteiger partial charge >= 0.3 is 6.18 Å². The molecule has 1 aromatic heterocycles. The second-order valence-corrected chi connectivity index (χ2v) is 4.97. The summed E-state index contributed by atoms with van der Waals surface area (Å²) in [5.74, 6) is -0.690. The Bertz CT molecular complexity index is 784. The summed E-state index contributed by atoms with van der Waals surface area (Å²) in [5.41, 5.74) is -1.08. The SMILES string of the molecule is Cc1cc(C(=O)Nc2ccc(Cl)c(C(F)(F)F)c2)cc(=O)[nH]1. The van der Waals surface area contributed by atoms with E-state index in [9.17, 15) is 22.8 Å². The van der Waals surface area contributed by atoms with Gasteiger partial charge < -0.3 is 10.3 Å². The van der Waals surface area contributed by atoms with Gasteiger partial charge in [0.2, 0.25) is 5.56 Å². The summed E-state index contributed by atoms with van der Waals surface area (Å²) >= 11 is 5.50. The van der Waals surface area contributed by atoms with E-state index in [0.717, 1.165) is 18.2 Å². The number of amides is 1. The van der Waals surface area contributed by atoms with Crippen LogP contribution in [0.3, 0.4) is 0 Å². The third-order valence-electron chi connectivity index (χ3n) is 2.77. The standard InChI is InChI=1S/C14H10ClF3N2O2/c1-7-4-8(5-12(21)19-7)13(22)20-9-2-3-11(15)10(6-9)14(16,17)18/h2-6H,1H3,(H,19,21)(H,20,22). The summed E-state index contributed by atoms with van der Waals surface area (Å²) in [6.07, 6.45) is -4.63. The molecule has 22 heavy (non-hydrogen) atoms. The van der Waals surface area contributed by atoms with E-state index >= 15 is 0 Å². The molecule has 0 aliphatic carbocycles. The van der Waals surface area contributed by atoms with Crippen LogP contribution >= 0.6 is 11.6 Å². The fraction of sp³-hybridized carbons (Fsp3) is 0.143. The molecule has 2 aromatic rings. The highest BCUT2D eigenvalue weighted by Crippen LogP contribution is 2.36. The molecular formula is C14H10ClF3N2O2. The van der Waals surface area contributed by atoms with Crippen LogP contribution in [0.2, 0.25) is 5.02 Å². The van der Waals surface area contributed by atoms with Crippen molar-refractivity contribution in [2.75, 3.05) is 5.32 Å². The molecule has 0 fully saturated rings. The maximum absolute atomic E-state index is 12.8. The predicted molar refractivity (Wildman–Crippen MR) is 76.2 cm³/mol. The summed E-state index contributed by atoms with van der Waals surface area (Å²) in [5, 5.41) is 1.84. The maximum Gasteiger partial charge on any atom is 0.417 e. The van der Waals surface area contributed by atoms with Crippen LogP contribution in [0.15, 0.2) is 35.1 Å². The number of hydrogen-bond acceptors (Lipinski definition) is 2. The molecule has 0 bridgehead atoms. The van der Waals surface area contributed by atoms with E-state index in [-0.39, 0.29) is 11.3 Å². The van der Waals surface area contributed by atoms with Crippen molar-refractivity contribution < 1.29 is 18.0 Å². The van der Waals surface area contributed by atoms with E-state index < -0.39 is 28.2 Å². The molecule has 8 heteroatoms. The number of pyridine rings is 1. The number of H-pyrrole nitrogens is 1. The van der Waals surface area contributed by atoms with Crippen molar-refractivity contribution in [3.63, 3.8) is 0 Å². The van der Waals surface area contributed by atoms with Gasteiger partial charge in [0.25, 0.3) is 5.91 Å². The molecule has 1 amide bonds. The van der Waals surface area contributed by atoms with Crippen molar-refractivity contribution in [1.29, 1.82) is 0 Å². The number of alkyl halides is 3. The molecule has 2 N–H and O–H groups in total. The Morgan fingerprint density at radius 3 is 2.50 bits per heavy atom. The third kappa shape index (κ3) is 3.67. The second-order valence-electron chi connectivity index (χ2n) is 4.56. The number of benzene rings is 1. The zero-order chi connectivity index (χ0) is 16.5. The lowest BCUT2D eigenvalue weighted by Gasteiger charge is -2.12. The first-order valence-corrected chi connectivity index (χ1v) is 6.43. The molecular weight excluding hydrogens is 321 g/mol. The van der Waals surface area contributed by atoms with Crippen molar-refractivity contribution >= 4 is 23.2 Å². The van der Waals surface area contributed by atoms with Gasteiger partial charge in [-0.3, -0.25) is 9.59 Å². The van der Waals surface area contributed by atoms with Gasteiger partial charge in [-0.1, -0.05) is 11.6 Å². The number of aromatic amines is 1. The molecule has 116 valence electrons. The predicted octanol–water partition coefficient (Wildman–Crippen LogP) is 3.61. The lowest BCUT2D eigenvalue weighted by atomic mass is 10.1. The van der Waals surface area contributed by atoms with Crippen LogP contribution < -0.4 is 10.9 Å². The van der Waals surface area contributed by atoms with Gasteiger partial charge in [-0.2, -0.15) is 13.2 Å². The highest BCUT2D eigenvalue weighted by Gasteiger charge is 2.33. The molecule has 0 atom stereocenters. The van der Waals surface area contributed by atoms with E-state index in [4.69, 9.17) is 11.6 Å². The highest BCUT2D eigenvalue weighted by atomic mass is 35.5. The molecule has 2 rings (SSSR count). The monoisotopic (exact) mass is 330 g/mol. The van der Waals surface area contributed by atoms with E-state index in [0.29, 0.717) is 5.69 Å². The second kappa shape index (κ2) is 5.84. The van der Waals surface area contributed by atoms with Crippen LogP contribution in [-0.2, 0) is 6.18 Å². The maximum atomic E-state index is 12.8. The number of rotatable bonds is 2. The van der Waals surface area contributed by atoms with Gasteiger partial charge in [0.15, 0.2) is 0 Å². The van der Waals surface area contributed by atoms with Gasteiger partial charge in [0, 0.05) is 23.0 Å². The Balaban J connectivity index is 2.31. The summed E-state index contributed by atoms with van der Waals surface area (Å²) in [6.45, 7) is 1.59. The van der Waals surface area contributed by atoms with Crippen LogP contribution in [0.25, 0.3) is 0 Å². The Labute approximate surface area is 127 Å². The number of aromatic nitrogens is 1. The average Bonchev–Trinajstić information content (AvgIpc) is 2.38. The molecule has 0 saturated carbocycles. The first-order chi connectivity index (χ1) is 10.2. The van der Waals surface area contributed by atoms with Crippen LogP contribution in [-0.4, -0.2) is 10.9 Å². The first-order valence-electron chi connectivity index (χ1n) is 6.06. The number of nitrogens with one attached hydrogen (secondary N) is 2. The minimum absolute atomic E-state index is 0.0461. The average molecular weight is 331 g/mol. The molecule has 0 aliphatic rings. The van der Waals surface area contributed by atoms with Gasteiger partial charge in [-0.05, 0) is 31.2 Å². The summed E-state index contributed by atoms with van der Waals surface area (Å²) in [7, 11) is 0. The van der Waals surface area contributed by atoms with Crippen LogP contribution in [0, 0.1) is 6.92 Å². The number of aryl methyl sites for hydroxylation is 1. The largest absolute Gasteiger partial charge is 0.417 e. The molecule has 0 aliphatic heterocycles. The topological polar surface area (TPSA) is 62.0 Å². The van der Waals surface area contributed by atoms with Gasteiger partial charge in [-0.15, -0.1) is 0 Å². The zero-order valence-electron chi connectivity index (χ0n) is 11.2. The molecule has 0 radical (unpaired) electrons. The van der Waals surface area contributed by atoms with Crippen molar-refractivity contribution in [2.24, 2.45) is 0 Å². The molecule has 0 saturated heterocycles. The van der Waals surface area contributed by atoms with Gasteiger partial charge in [-0.25, -0.2) is 0 Å². The van der Waals surface area contributed by atoms with E-state index in [1.54, 1.807) is 6.92 Å². The Kier molecular flexibility index (Phi) is 4.27. The van der Waals surface area contributed by atoms with Crippen molar-refractivity contribution in [1.82, 2.24) is 4.98 Å². The smallest absolute Gasteiger partial charge is 0.326 e. The molecule has 1 aromatic carbocycles. The highest BCUT2D eigenvalue weighted by molar-refractivity contribution is 6.31. The summed E-state index contributed by atoms with van der Waals surface area (Å²) in [6, 6.07) is 5.50. The number of anilines is 1. The van der Waals surface area contributed by atoms with Gasteiger partial charge in [0.1, 0.15) is 0 Å². The lowest BCUT2D eigenvalue weighted by Crippen LogP contribution is -2.17. The molecule has 4 nitrogen and oxygen atoms in total. The van der Waals surface area contributed by atoms with Crippen molar-refractivity contribution in [2.45, 2.75) is 13.1 Å². The fourth-order valence-corrected chi connectivity index (χ4v) is 2.06. The first kappa shape index (κ1) is 16.1. The van der Waals surface area contributed by atoms with Gasteiger partial charge in [0.05, 0.1) is 10.6 Å². The van der Waals surface area contributed by atoms with E-state index in [2.05, 4.69) is 10.3 Å². The summed E-state index contributed by atoms with van der Waals surface area (Å²) < 4.78 is 38.3. The minimum Gasteiger partial charge on any atom is -0.326 e. The zero-order valence-corrected chi connectivity index (χ0v) is 12.0. The Morgan fingerprint density at radius 1 is 1.23 bits per heavy atom. The minimum atomic E-state index is -4.63. The van der Waals surface area contributed by atoms with Crippen molar-refractivity contribution in [3.8, 4) is 0 Å². The van der Waals surface area contributed by atoms with E-state index in [1.165, 1.54) is 12.1 Å². The van der Waals surface area contributed by atoms with Crippen LogP contribution in [0.1, 0.15) is 21.6 Å². The van der Waals surface area contributed by atoms with Crippen LogP contribution in [0.4, 0.5) is 18.9 Å². The van der Waals surface area contributed by atoms with Crippen molar-refractivity contribution in [3.05, 3.63) is 62.5 Å². The third-order valence-corrected chi connectivity index (χ3v) is 3.10. The molecule has 0 spiro atoms.